The number of carboxylic acids is 1. The molecule has 17 heteroatoms. The fourth-order valence-corrected chi connectivity index (χ4v) is 6.73. The largest absolute Gasteiger partial charge is 1.00 e. The fraction of sp³-hybridized carbons (Fsp3) is 0.286. The third kappa shape index (κ3) is 5.55. The normalized spacial score (nSPS) is 19.7. The number of fused-ring (bicyclic) bond motifs is 2. The molecule has 1 saturated heterocycles. The molecule has 5 heterocycles. The standard InChI is InChI=1S/C21H18FN7O5S3.Na/c22-4-6-34-28-14(10-8-35-20(23)25-10)17(30)27-15-11-1-2-12(16(19(32)33)29(11)18(15)31)36-21-26-9-3-5-24-7-13(9)37-21;/h3,5,7-8,11,15H,1-2,4,6H2,(H2,23,25)(H,27,30)(H,32,33);/q;+1/p-1/b28-14+;/t11-,15+;/m1./s1. The average molecular weight is 586 g/mol. The number of anilines is 1. The molecule has 2 atom stereocenters. The number of thioether (sulfide) groups is 1. The van der Waals surface area contributed by atoms with Gasteiger partial charge in [0.25, 0.3) is 5.91 Å². The van der Waals surface area contributed by atoms with Crippen LogP contribution in [0.1, 0.15) is 18.5 Å². The number of nitrogens with zero attached hydrogens (tertiary/aromatic N) is 6. The van der Waals surface area contributed by atoms with E-state index in [9.17, 15) is 24.2 Å². The van der Waals surface area contributed by atoms with Gasteiger partial charge in [-0.1, -0.05) is 16.9 Å². The summed E-state index contributed by atoms with van der Waals surface area (Å²) in [5, 5.41) is 28.1. The zero-order chi connectivity index (χ0) is 26.1. The number of nitrogens with two attached hydrogens (primary N) is 1. The Morgan fingerprint density at radius 2 is 2.24 bits per heavy atom. The Morgan fingerprint density at radius 3 is 2.92 bits per heavy atom. The van der Waals surface area contributed by atoms with Crippen LogP contribution in [0.3, 0.4) is 0 Å². The Kier molecular flexibility index (Phi) is 9.00. The van der Waals surface area contributed by atoms with E-state index < -0.39 is 36.5 Å². The summed E-state index contributed by atoms with van der Waals surface area (Å²) < 4.78 is 13.9. The van der Waals surface area contributed by atoms with Crippen molar-refractivity contribution in [3.63, 3.8) is 0 Å². The van der Waals surface area contributed by atoms with E-state index in [2.05, 4.69) is 25.1 Å². The van der Waals surface area contributed by atoms with Crippen molar-refractivity contribution in [2.45, 2.75) is 29.3 Å². The Hall–Kier alpha value is -2.63. The maximum atomic E-state index is 13.0. The number of carbonyl (C=O) groups is 2. The van der Waals surface area contributed by atoms with Crippen molar-refractivity contribution < 1.29 is 58.6 Å². The number of aliphatic imine (C=N–C) groups is 1. The van der Waals surface area contributed by atoms with Crippen LogP contribution in [0.25, 0.3) is 10.2 Å². The number of aliphatic carboxylic acids is 1. The van der Waals surface area contributed by atoms with Crippen molar-refractivity contribution >= 4 is 73.3 Å². The minimum Gasteiger partial charge on any atom is -0.857 e. The summed E-state index contributed by atoms with van der Waals surface area (Å²) >= 11 is 3.64. The van der Waals surface area contributed by atoms with Crippen LogP contribution in [0.5, 0.6) is 0 Å². The van der Waals surface area contributed by atoms with E-state index in [1.807, 2.05) is 0 Å². The number of thiazole rings is 2. The summed E-state index contributed by atoms with van der Waals surface area (Å²) in [5.41, 5.74) is 6.00. The van der Waals surface area contributed by atoms with Crippen LogP contribution < -0.4 is 40.4 Å². The number of pyridine rings is 1. The quantitative estimate of drug-likeness (QED) is 0.0761. The molecular weight excluding hydrogens is 568 g/mol. The number of carboxylic acid groups (broad SMARTS) is 1. The fourth-order valence-electron chi connectivity index (χ4n) is 3.92. The van der Waals surface area contributed by atoms with E-state index in [-0.39, 0.29) is 58.4 Å². The second-order valence-corrected chi connectivity index (χ2v) is 11.0. The number of alkyl halides is 1. The zero-order valence-electron chi connectivity index (χ0n) is 19.7. The molecule has 1 amide bonds. The van der Waals surface area contributed by atoms with Gasteiger partial charge in [0.2, 0.25) is 0 Å². The number of oxime groups is 1. The minimum atomic E-state index is -1.26. The van der Waals surface area contributed by atoms with Gasteiger partial charge in [-0.2, -0.15) is 0 Å². The van der Waals surface area contributed by atoms with Crippen LogP contribution in [0.2, 0.25) is 0 Å². The van der Waals surface area contributed by atoms with Crippen LogP contribution in [0, 0.1) is 0 Å². The number of aromatic nitrogens is 3. The second kappa shape index (κ2) is 12.0. The van der Waals surface area contributed by atoms with Crippen molar-refractivity contribution in [1.82, 2.24) is 19.9 Å². The molecule has 3 aromatic rings. The molecule has 2 aliphatic heterocycles. The molecular formula is C21H17FN7NaO5S3. The maximum Gasteiger partial charge on any atom is 1.00 e. The van der Waals surface area contributed by atoms with E-state index >= 15 is 0 Å². The van der Waals surface area contributed by atoms with Crippen molar-refractivity contribution in [1.29, 1.82) is 0 Å². The Morgan fingerprint density at radius 1 is 1.42 bits per heavy atom. The number of β-lactam (4-membered cyclic amide) rings is 1. The number of rotatable bonds is 9. The number of amides is 1. The molecule has 12 nitrogen and oxygen atoms in total. The summed E-state index contributed by atoms with van der Waals surface area (Å²) in [4.78, 5) is 48.2. The van der Waals surface area contributed by atoms with E-state index in [0.717, 1.165) is 21.6 Å². The molecule has 2 aliphatic rings. The van der Waals surface area contributed by atoms with Gasteiger partial charge in [0.05, 0.1) is 16.3 Å². The van der Waals surface area contributed by atoms with E-state index in [0.29, 0.717) is 22.1 Å². The molecule has 3 aromatic heterocycles. The van der Waals surface area contributed by atoms with Crippen molar-refractivity contribution in [2.75, 3.05) is 19.0 Å². The van der Waals surface area contributed by atoms with Gasteiger partial charge in [-0.25, -0.2) is 19.2 Å². The van der Waals surface area contributed by atoms with Crippen molar-refractivity contribution in [3.8, 4) is 0 Å². The molecule has 38 heavy (non-hydrogen) atoms. The molecule has 3 N–H and O–H groups in total. The maximum absolute atomic E-state index is 13.0. The van der Waals surface area contributed by atoms with Gasteiger partial charge < -0.3 is 20.8 Å². The summed E-state index contributed by atoms with van der Waals surface area (Å²) in [5.74, 6) is -2.77. The predicted molar refractivity (Wildman–Crippen MR) is 134 cm³/mol. The van der Waals surface area contributed by atoms with Gasteiger partial charge in [-0.15, -0.1) is 22.7 Å². The van der Waals surface area contributed by atoms with E-state index in [4.69, 9.17) is 10.6 Å². The molecule has 1 fully saturated rings. The molecule has 0 aromatic carbocycles. The average Bonchev–Trinajstić information content (AvgIpc) is 3.50. The third-order valence-electron chi connectivity index (χ3n) is 5.49. The zero-order valence-corrected chi connectivity index (χ0v) is 24.2. The van der Waals surface area contributed by atoms with Crippen LogP contribution in [-0.4, -0.2) is 73.8 Å². The minimum absolute atomic E-state index is 0. The molecule has 0 radical (unpaired) electrons. The number of hydrogen-bond donors (Lipinski definition) is 2. The van der Waals surface area contributed by atoms with E-state index in [1.165, 1.54) is 33.4 Å². The summed E-state index contributed by atoms with van der Waals surface area (Å²) in [6, 6.07) is 0.0610. The van der Waals surface area contributed by atoms with E-state index in [1.54, 1.807) is 18.5 Å². The number of nitrogen functional groups attached to an aromatic ring is 1. The van der Waals surface area contributed by atoms with Gasteiger partial charge in [-0.3, -0.25) is 19.7 Å². The Bertz CT molecular complexity index is 1440. The monoisotopic (exact) mass is 585 g/mol. The van der Waals surface area contributed by atoms with Crippen LogP contribution in [0.15, 0.2) is 48.9 Å². The third-order valence-corrected chi connectivity index (χ3v) is 8.38. The molecule has 0 saturated carbocycles. The van der Waals surface area contributed by atoms with Crippen molar-refractivity contribution in [2.24, 2.45) is 10.1 Å². The smallest absolute Gasteiger partial charge is 0.857 e. The summed E-state index contributed by atoms with van der Waals surface area (Å²) in [6.45, 7) is -1.20. The molecule has 192 valence electrons. The van der Waals surface area contributed by atoms with Crippen molar-refractivity contribution in [3.05, 3.63) is 40.1 Å². The van der Waals surface area contributed by atoms with Gasteiger partial charge in [0.1, 0.15) is 36.4 Å². The Balaban J connectivity index is 0.00000336. The first-order chi connectivity index (χ1) is 17.9. The molecule has 0 spiro atoms. The van der Waals surface area contributed by atoms with Gasteiger partial charge in [-0.05, 0) is 18.9 Å². The number of hydrogen-bond acceptors (Lipinski definition) is 13. The summed E-state index contributed by atoms with van der Waals surface area (Å²) in [7, 11) is 0. The molecule has 0 bridgehead atoms. The SMILES string of the molecule is Nc1nc(/C(=N\OCCF)C([O-])=N[C@@H]2C(=O)N3C(C(=O)O)=C(Sc4nc5ccncc5s4)CC[C@H]23)cs1.[Na+]. The molecule has 5 rings (SSSR count). The van der Waals surface area contributed by atoms with Gasteiger partial charge in [0.15, 0.2) is 9.47 Å². The number of carbonyl (C=O) groups excluding carboxylic acids is 1. The first-order valence-electron chi connectivity index (χ1n) is 10.8. The van der Waals surface area contributed by atoms with Crippen LogP contribution in [-0.2, 0) is 14.4 Å². The molecule has 0 aliphatic carbocycles. The molecule has 0 unspecified atom stereocenters. The van der Waals surface area contributed by atoms with Gasteiger partial charge in [0, 0.05) is 28.6 Å². The van der Waals surface area contributed by atoms with Crippen LogP contribution >= 0.6 is 34.4 Å². The van der Waals surface area contributed by atoms with Crippen LogP contribution in [0.4, 0.5) is 9.52 Å². The number of allylic oxidation sites excluding steroid dienone is 1. The summed E-state index contributed by atoms with van der Waals surface area (Å²) in [6.07, 6.45) is 4.06. The second-order valence-electron chi connectivity index (χ2n) is 7.73. The first kappa shape index (κ1) is 28.4. The topological polar surface area (TPSA) is 179 Å². The predicted octanol–water partition coefficient (Wildman–Crippen LogP) is -1.36. The first-order valence-corrected chi connectivity index (χ1v) is 13.3. The van der Waals surface area contributed by atoms with Gasteiger partial charge >= 0.3 is 35.5 Å². The number of halogens is 1. The Labute approximate surface area is 248 Å².